The van der Waals surface area contributed by atoms with Crippen LogP contribution in [0.5, 0.6) is 0 Å². The van der Waals surface area contributed by atoms with Crippen molar-refractivity contribution in [3.05, 3.63) is 29.0 Å². The van der Waals surface area contributed by atoms with Gasteiger partial charge in [-0.2, -0.15) is 0 Å². The maximum atomic E-state index is 11.6. The van der Waals surface area contributed by atoms with Crippen LogP contribution in [-0.2, 0) is 0 Å². The molecule has 1 aromatic heterocycles. The number of nitrogens with one attached hydrogen (secondary N) is 1. The second kappa shape index (κ2) is 3.96. The first-order valence-electron chi connectivity index (χ1n) is 4.68. The number of pyridine rings is 1. The van der Waals surface area contributed by atoms with Crippen molar-refractivity contribution in [2.75, 3.05) is 0 Å². The molecule has 1 N–H and O–H groups in total. The van der Waals surface area contributed by atoms with Crippen LogP contribution < -0.4 is 5.32 Å². The lowest BCUT2D eigenvalue weighted by Crippen LogP contribution is -2.39. The van der Waals surface area contributed by atoms with Crippen molar-refractivity contribution in [2.24, 2.45) is 0 Å². The quantitative estimate of drug-likeness (QED) is 0.759. The highest BCUT2D eigenvalue weighted by atomic mass is 35.5. The summed E-state index contributed by atoms with van der Waals surface area (Å²) in [5.41, 5.74) is 0.580. The molecule has 0 saturated heterocycles. The van der Waals surface area contributed by atoms with Crippen LogP contribution in [0.15, 0.2) is 18.3 Å². The van der Waals surface area contributed by atoms with Crippen LogP contribution in [0.25, 0.3) is 0 Å². The molecular formula is C10H11ClN2O. The zero-order valence-corrected chi connectivity index (χ0v) is 8.42. The normalized spacial score (nSPS) is 16.1. The van der Waals surface area contributed by atoms with E-state index >= 15 is 0 Å². The van der Waals surface area contributed by atoms with E-state index in [0.29, 0.717) is 16.8 Å². The van der Waals surface area contributed by atoms with Crippen LogP contribution in [0.3, 0.4) is 0 Å². The number of halogens is 1. The van der Waals surface area contributed by atoms with E-state index in [1.165, 1.54) is 12.6 Å². The number of carbonyl (C=O) groups is 1. The zero-order chi connectivity index (χ0) is 9.97. The van der Waals surface area contributed by atoms with E-state index in [2.05, 4.69) is 10.3 Å². The maximum Gasteiger partial charge on any atom is 0.251 e. The summed E-state index contributed by atoms with van der Waals surface area (Å²) in [4.78, 5) is 15.4. The van der Waals surface area contributed by atoms with Crippen molar-refractivity contribution in [2.45, 2.75) is 25.3 Å². The first-order chi connectivity index (χ1) is 6.75. The standard InChI is InChI=1S/C10H11ClN2O/c11-9-6-7(4-5-12-9)10(14)13-8-2-1-3-8/h4-6,8H,1-3H2,(H,13,14). The molecule has 1 amide bonds. The Balaban J connectivity index is 2.02. The molecule has 2 rings (SSSR count). The van der Waals surface area contributed by atoms with Crippen molar-refractivity contribution in [3.8, 4) is 0 Å². The van der Waals surface area contributed by atoms with Crippen molar-refractivity contribution in [3.63, 3.8) is 0 Å². The minimum atomic E-state index is -0.0565. The van der Waals surface area contributed by atoms with Gasteiger partial charge in [-0.1, -0.05) is 11.6 Å². The number of aromatic nitrogens is 1. The average molecular weight is 211 g/mol. The molecule has 1 aromatic rings. The van der Waals surface area contributed by atoms with Crippen molar-refractivity contribution in [1.29, 1.82) is 0 Å². The van der Waals surface area contributed by atoms with Crippen molar-refractivity contribution >= 4 is 17.5 Å². The van der Waals surface area contributed by atoms with Crippen molar-refractivity contribution < 1.29 is 4.79 Å². The van der Waals surface area contributed by atoms with E-state index < -0.39 is 0 Å². The van der Waals surface area contributed by atoms with E-state index in [1.54, 1.807) is 12.1 Å². The van der Waals surface area contributed by atoms with Crippen LogP contribution in [0.1, 0.15) is 29.6 Å². The molecule has 1 aliphatic carbocycles. The molecule has 74 valence electrons. The Bertz CT molecular complexity index is 350. The largest absolute Gasteiger partial charge is 0.349 e. The van der Waals surface area contributed by atoms with E-state index in [1.807, 2.05) is 0 Å². The third-order valence-electron chi connectivity index (χ3n) is 2.43. The summed E-state index contributed by atoms with van der Waals surface area (Å²) in [7, 11) is 0. The number of nitrogens with zero attached hydrogens (tertiary/aromatic N) is 1. The zero-order valence-electron chi connectivity index (χ0n) is 7.66. The number of hydrogen-bond acceptors (Lipinski definition) is 2. The van der Waals surface area contributed by atoms with E-state index in [-0.39, 0.29) is 5.91 Å². The molecule has 0 aliphatic heterocycles. The summed E-state index contributed by atoms with van der Waals surface area (Å²) >= 11 is 5.68. The molecule has 1 aliphatic rings. The van der Waals surface area contributed by atoms with Crippen LogP contribution in [0, 0.1) is 0 Å². The first-order valence-corrected chi connectivity index (χ1v) is 5.06. The third-order valence-corrected chi connectivity index (χ3v) is 2.64. The molecule has 1 saturated carbocycles. The lowest BCUT2D eigenvalue weighted by molar-refractivity contribution is 0.0917. The van der Waals surface area contributed by atoms with Gasteiger partial charge in [0.05, 0.1) is 0 Å². The number of carbonyl (C=O) groups excluding carboxylic acids is 1. The molecule has 0 unspecified atom stereocenters. The fraction of sp³-hybridized carbons (Fsp3) is 0.400. The summed E-state index contributed by atoms with van der Waals surface area (Å²) in [6, 6.07) is 3.60. The lowest BCUT2D eigenvalue weighted by atomic mass is 9.93. The molecule has 1 fully saturated rings. The molecule has 0 atom stereocenters. The maximum absolute atomic E-state index is 11.6. The van der Waals surface area contributed by atoms with Gasteiger partial charge in [-0.25, -0.2) is 4.98 Å². The molecule has 3 nitrogen and oxygen atoms in total. The Morgan fingerprint density at radius 1 is 1.57 bits per heavy atom. The SMILES string of the molecule is O=C(NC1CCC1)c1ccnc(Cl)c1. The number of rotatable bonds is 2. The molecule has 0 aromatic carbocycles. The predicted molar refractivity (Wildman–Crippen MR) is 54.4 cm³/mol. The highest BCUT2D eigenvalue weighted by Crippen LogP contribution is 2.18. The average Bonchev–Trinajstić information content (AvgIpc) is 2.11. The van der Waals surface area contributed by atoms with Gasteiger partial charge in [-0.3, -0.25) is 4.79 Å². The summed E-state index contributed by atoms with van der Waals surface area (Å²) < 4.78 is 0. The van der Waals surface area contributed by atoms with Crippen LogP contribution in [0.2, 0.25) is 5.15 Å². The minimum Gasteiger partial charge on any atom is -0.349 e. The number of amides is 1. The van der Waals surface area contributed by atoms with Gasteiger partial charge in [-0.05, 0) is 31.4 Å². The monoisotopic (exact) mass is 210 g/mol. The smallest absolute Gasteiger partial charge is 0.251 e. The Morgan fingerprint density at radius 3 is 2.93 bits per heavy atom. The Hall–Kier alpha value is -1.09. The van der Waals surface area contributed by atoms with Gasteiger partial charge in [0.25, 0.3) is 5.91 Å². The molecule has 0 bridgehead atoms. The molecule has 14 heavy (non-hydrogen) atoms. The Labute approximate surface area is 87.5 Å². The van der Waals surface area contributed by atoms with E-state index in [0.717, 1.165) is 12.8 Å². The second-order valence-corrected chi connectivity index (χ2v) is 3.86. The van der Waals surface area contributed by atoms with Gasteiger partial charge in [0.2, 0.25) is 0 Å². The second-order valence-electron chi connectivity index (χ2n) is 3.47. The van der Waals surface area contributed by atoms with Gasteiger partial charge >= 0.3 is 0 Å². The summed E-state index contributed by atoms with van der Waals surface area (Å²) in [5, 5.41) is 3.29. The van der Waals surface area contributed by atoms with Gasteiger partial charge in [0, 0.05) is 17.8 Å². The topological polar surface area (TPSA) is 42.0 Å². The molecule has 0 radical (unpaired) electrons. The van der Waals surface area contributed by atoms with Crippen LogP contribution >= 0.6 is 11.6 Å². The molecular weight excluding hydrogens is 200 g/mol. The predicted octanol–water partition coefficient (Wildman–Crippen LogP) is 2.02. The van der Waals surface area contributed by atoms with Gasteiger partial charge in [0.15, 0.2) is 0 Å². The third kappa shape index (κ3) is 2.04. The fourth-order valence-corrected chi connectivity index (χ4v) is 1.54. The van der Waals surface area contributed by atoms with Gasteiger partial charge in [0.1, 0.15) is 5.15 Å². The van der Waals surface area contributed by atoms with Gasteiger partial charge < -0.3 is 5.32 Å². The summed E-state index contributed by atoms with van der Waals surface area (Å²) in [6.45, 7) is 0. The Kier molecular flexibility index (Phi) is 2.68. The highest BCUT2D eigenvalue weighted by Gasteiger charge is 2.19. The minimum absolute atomic E-state index is 0.0565. The van der Waals surface area contributed by atoms with E-state index in [4.69, 9.17) is 11.6 Å². The van der Waals surface area contributed by atoms with Crippen molar-refractivity contribution in [1.82, 2.24) is 10.3 Å². The highest BCUT2D eigenvalue weighted by molar-refractivity contribution is 6.29. The van der Waals surface area contributed by atoms with Crippen LogP contribution in [0.4, 0.5) is 0 Å². The summed E-state index contributed by atoms with van der Waals surface area (Å²) in [6.07, 6.45) is 4.93. The number of hydrogen-bond donors (Lipinski definition) is 1. The lowest BCUT2D eigenvalue weighted by Gasteiger charge is -2.26. The first kappa shape index (κ1) is 9.46. The Morgan fingerprint density at radius 2 is 2.36 bits per heavy atom. The fourth-order valence-electron chi connectivity index (χ4n) is 1.37. The molecule has 4 heteroatoms. The van der Waals surface area contributed by atoms with Crippen LogP contribution in [-0.4, -0.2) is 16.9 Å². The molecule has 0 spiro atoms. The van der Waals surface area contributed by atoms with E-state index in [9.17, 15) is 4.79 Å². The molecule has 1 heterocycles. The van der Waals surface area contributed by atoms with Gasteiger partial charge in [-0.15, -0.1) is 0 Å². The summed E-state index contributed by atoms with van der Waals surface area (Å²) in [5.74, 6) is -0.0565.